The van der Waals surface area contributed by atoms with Crippen LogP contribution in [0.3, 0.4) is 0 Å². The van der Waals surface area contributed by atoms with E-state index in [1.807, 2.05) is 19.1 Å². The zero-order chi connectivity index (χ0) is 27.9. The van der Waals surface area contributed by atoms with E-state index < -0.39 is 28.5 Å². The highest BCUT2D eigenvalue weighted by Crippen LogP contribution is 2.26. The topological polar surface area (TPSA) is 86.8 Å². The van der Waals surface area contributed by atoms with E-state index in [-0.39, 0.29) is 17.3 Å². The molecule has 3 aromatic carbocycles. The first-order chi connectivity index (χ1) is 18.1. The Kier molecular flexibility index (Phi) is 10.2. The predicted molar refractivity (Wildman–Crippen MR) is 152 cm³/mol. The van der Waals surface area contributed by atoms with Crippen LogP contribution >= 0.6 is 23.2 Å². The maximum atomic E-state index is 13.8. The first kappa shape index (κ1) is 29.5. The van der Waals surface area contributed by atoms with Crippen molar-refractivity contribution in [2.24, 2.45) is 0 Å². The number of carbonyl (C=O) groups is 2. The van der Waals surface area contributed by atoms with Gasteiger partial charge in [0, 0.05) is 13.1 Å². The van der Waals surface area contributed by atoms with Gasteiger partial charge in [-0.1, -0.05) is 66.5 Å². The normalized spacial score (nSPS) is 12.0. The lowest BCUT2D eigenvalue weighted by molar-refractivity contribution is -0.139. The molecule has 2 amide bonds. The Labute approximate surface area is 234 Å². The van der Waals surface area contributed by atoms with Crippen LogP contribution in [0.4, 0.5) is 5.69 Å². The van der Waals surface area contributed by atoms with Crippen molar-refractivity contribution in [2.45, 2.75) is 44.7 Å². The van der Waals surface area contributed by atoms with Crippen molar-refractivity contribution < 1.29 is 18.0 Å². The molecule has 202 valence electrons. The molecule has 0 bridgehead atoms. The molecule has 0 saturated carbocycles. The maximum absolute atomic E-state index is 13.8. The third-order valence-electron chi connectivity index (χ3n) is 6.10. The van der Waals surface area contributed by atoms with E-state index in [1.54, 1.807) is 62.4 Å². The number of nitrogens with one attached hydrogen (secondary N) is 1. The summed E-state index contributed by atoms with van der Waals surface area (Å²) in [6.45, 7) is 5.29. The number of nitrogens with zero attached hydrogens (tertiary/aromatic N) is 2. The second kappa shape index (κ2) is 13.1. The molecule has 0 aromatic heterocycles. The molecule has 0 aliphatic rings. The minimum absolute atomic E-state index is 0.0298. The Morgan fingerprint density at radius 1 is 0.895 bits per heavy atom. The van der Waals surface area contributed by atoms with Crippen LogP contribution in [-0.2, 0) is 32.6 Å². The third kappa shape index (κ3) is 7.07. The Hall–Kier alpha value is -3.07. The molecule has 10 heteroatoms. The number of carbonyl (C=O) groups excluding carboxylic acids is 2. The minimum Gasteiger partial charge on any atom is -0.355 e. The Balaban J connectivity index is 2.03. The Morgan fingerprint density at radius 3 is 2.11 bits per heavy atom. The van der Waals surface area contributed by atoms with E-state index in [4.69, 9.17) is 23.2 Å². The highest BCUT2D eigenvalue weighted by Gasteiger charge is 2.32. The molecule has 38 heavy (non-hydrogen) atoms. The summed E-state index contributed by atoms with van der Waals surface area (Å²) in [6, 6.07) is 19.0. The predicted octanol–water partition coefficient (Wildman–Crippen LogP) is 5.30. The maximum Gasteiger partial charge on any atom is 0.264 e. The molecule has 1 N–H and O–H groups in total. The zero-order valence-corrected chi connectivity index (χ0v) is 23.9. The van der Waals surface area contributed by atoms with Gasteiger partial charge in [-0.25, -0.2) is 8.42 Å². The molecule has 0 unspecified atom stereocenters. The van der Waals surface area contributed by atoms with Crippen LogP contribution in [0, 0.1) is 0 Å². The number of hydrogen-bond donors (Lipinski definition) is 1. The molecule has 0 heterocycles. The number of rotatable bonds is 11. The van der Waals surface area contributed by atoms with Gasteiger partial charge in [0.05, 0.1) is 20.6 Å². The van der Waals surface area contributed by atoms with Gasteiger partial charge < -0.3 is 10.2 Å². The number of amides is 2. The average Bonchev–Trinajstić information content (AvgIpc) is 2.92. The van der Waals surface area contributed by atoms with Crippen LogP contribution in [0.1, 0.15) is 31.9 Å². The largest absolute Gasteiger partial charge is 0.355 e. The van der Waals surface area contributed by atoms with Gasteiger partial charge >= 0.3 is 0 Å². The van der Waals surface area contributed by atoms with Crippen LogP contribution in [0.15, 0.2) is 77.7 Å². The number of anilines is 1. The second-order valence-corrected chi connectivity index (χ2v) is 11.4. The van der Waals surface area contributed by atoms with Crippen molar-refractivity contribution in [3.05, 3.63) is 94.0 Å². The third-order valence-corrected chi connectivity index (χ3v) is 8.62. The summed E-state index contributed by atoms with van der Waals surface area (Å²) in [7, 11) is -4.10. The fourth-order valence-corrected chi connectivity index (χ4v) is 5.64. The lowest BCUT2D eigenvalue weighted by atomic mass is 10.1. The summed E-state index contributed by atoms with van der Waals surface area (Å²) in [6.07, 6.45) is 0.784. The molecule has 0 spiro atoms. The standard InChI is InChI=1S/C28H31Cl2N3O4S/c1-4-21-11-14-23(15-12-21)33(38(36,37)24-9-7-6-8-10-24)19-27(34)32(20(3)28(35)31-5-2)18-22-13-16-25(29)26(30)17-22/h6-17,20H,4-5,18-19H2,1-3H3,(H,31,35)/t20-/m0/s1. The molecule has 0 saturated heterocycles. The van der Waals surface area contributed by atoms with Gasteiger partial charge in [0.25, 0.3) is 10.0 Å². The summed E-state index contributed by atoms with van der Waals surface area (Å²) < 4.78 is 28.6. The van der Waals surface area contributed by atoms with E-state index in [1.165, 1.54) is 17.0 Å². The van der Waals surface area contributed by atoms with Crippen molar-refractivity contribution in [3.8, 4) is 0 Å². The first-order valence-electron chi connectivity index (χ1n) is 12.3. The highest BCUT2D eigenvalue weighted by molar-refractivity contribution is 7.92. The molecule has 0 radical (unpaired) electrons. The lowest BCUT2D eigenvalue weighted by Gasteiger charge is -2.32. The van der Waals surface area contributed by atoms with Gasteiger partial charge in [0.2, 0.25) is 11.8 Å². The van der Waals surface area contributed by atoms with Crippen molar-refractivity contribution in [1.29, 1.82) is 0 Å². The van der Waals surface area contributed by atoms with Crippen molar-refractivity contribution >= 4 is 50.7 Å². The number of aryl methyl sites for hydroxylation is 1. The minimum atomic E-state index is -4.10. The fourth-order valence-electron chi connectivity index (χ4n) is 3.89. The van der Waals surface area contributed by atoms with E-state index in [0.29, 0.717) is 27.8 Å². The van der Waals surface area contributed by atoms with Crippen molar-refractivity contribution in [1.82, 2.24) is 10.2 Å². The van der Waals surface area contributed by atoms with Crippen molar-refractivity contribution in [2.75, 3.05) is 17.4 Å². The number of sulfonamides is 1. The summed E-state index contributed by atoms with van der Waals surface area (Å²) in [4.78, 5) is 28.0. The van der Waals surface area contributed by atoms with Gasteiger partial charge in [0.15, 0.2) is 0 Å². The van der Waals surface area contributed by atoms with Crippen LogP contribution in [0.25, 0.3) is 0 Å². The van der Waals surface area contributed by atoms with E-state index >= 15 is 0 Å². The molecular formula is C28H31Cl2N3O4S. The van der Waals surface area contributed by atoms with Crippen molar-refractivity contribution in [3.63, 3.8) is 0 Å². The van der Waals surface area contributed by atoms with Gasteiger partial charge in [-0.05, 0) is 67.8 Å². The van der Waals surface area contributed by atoms with Gasteiger partial charge in [-0.15, -0.1) is 0 Å². The zero-order valence-electron chi connectivity index (χ0n) is 21.5. The van der Waals surface area contributed by atoms with Crippen LogP contribution in [0.5, 0.6) is 0 Å². The van der Waals surface area contributed by atoms with E-state index in [9.17, 15) is 18.0 Å². The number of hydrogen-bond acceptors (Lipinski definition) is 4. The molecule has 0 aliphatic carbocycles. The summed E-state index contributed by atoms with van der Waals surface area (Å²) >= 11 is 12.2. The average molecular weight is 577 g/mol. The molecule has 3 aromatic rings. The number of likely N-dealkylation sites (N-methyl/N-ethyl adjacent to an activating group) is 1. The van der Waals surface area contributed by atoms with E-state index in [0.717, 1.165) is 16.3 Å². The summed E-state index contributed by atoms with van der Waals surface area (Å²) in [5.74, 6) is -0.903. The summed E-state index contributed by atoms with van der Waals surface area (Å²) in [5.41, 5.74) is 2.02. The number of benzene rings is 3. The van der Waals surface area contributed by atoms with Gasteiger partial charge in [-0.2, -0.15) is 0 Å². The fraction of sp³-hybridized carbons (Fsp3) is 0.286. The molecule has 0 fully saturated rings. The van der Waals surface area contributed by atoms with Crippen LogP contribution < -0.4 is 9.62 Å². The first-order valence-corrected chi connectivity index (χ1v) is 14.5. The lowest BCUT2D eigenvalue weighted by Crippen LogP contribution is -2.51. The van der Waals surface area contributed by atoms with E-state index in [2.05, 4.69) is 5.32 Å². The molecular weight excluding hydrogens is 545 g/mol. The highest BCUT2D eigenvalue weighted by atomic mass is 35.5. The summed E-state index contributed by atoms with van der Waals surface area (Å²) in [5, 5.41) is 3.40. The smallest absolute Gasteiger partial charge is 0.264 e. The van der Waals surface area contributed by atoms with Gasteiger partial charge in [-0.3, -0.25) is 13.9 Å². The molecule has 7 nitrogen and oxygen atoms in total. The molecule has 1 atom stereocenters. The molecule has 3 rings (SSSR count). The van der Waals surface area contributed by atoms with Crippen LogP contribution in [-0.4, -0.2) is 44.3 Å². The van der Waals surface area contributed by atoms with Gasteiger partial charge in [0.1, 0.15) is 12.6 Å². The monoisotopic (exact) mass is 575 g/mol. The second-order valence-electron chi connectivity index (χ2n) is 8.69. The van der Waals surface area contributed by atoms with Crippen LogP contribution in [0.2, 0.25) is 10.0 Å². The number of halogens is 2. The SMILES string of the molecule is CCNC(=O)[C@H](C)N(Cc1ccc(Cl)c(Cl)c1)C(=O)CN(c1ccc(CC)cc1)S(=O)(=O)c1ccccc1. The Morgan fingerprint density at radius 2 is 1.53 bits per heavy atom. The molecule has 0 aliphatic heterocycles. The Bertz CT molecular complexity index is 1370. The quantitative estimate of drug-likeness (QED) is 0.336.